The number of hydrogen-bond donors (Lipinski definition) is 8. The van der Waals surface area contributed by atoms with Gasteiger partial charge in [-0.05, 0) is 414 Å². The van der Waals surface area contributed by atoms with Crippen LogP contribution in [0.1, 0.15) is 289 Å². The van der Waals surface area contributed by atoms with Gasteiger partial charge < -0.3 is 45.1 Å². The molecule has 16 aliphatic rings. The molecule has 0 saturated heterocycles. The number of aliphatic hydroxyl groups is 4. The van der Waals surface area contributed by atoms with Gasteiger partial charge in [0.25, 0.3) is 6.43 Å². The third-order valence-electron chi connectivity index (χ3n) is 39.1. The van der Waals surface area contributed by atoms with Gasteiger partial charge in [-0.3, -0.25) is 19.2 Å². The second kappa shape index (κ2) is 33.4. The fraction of sp³-hybridized carbons (Fsp3) is 0.810. The lowest BCUT2D eigenvalue weighted by molar-refractivity contribution is -0.160. The highest BCUT2D eigenvalue weighted by atomic mass is 19.3. The van der Waals surface area contributed by atoms with Gasteiger partial charge in [0, 0.05) is 104 Å². The Hall–Kier alpha value is -4.68. The molecule has 4 aromatic heterocycles. The van der Waals surface area contributed by atoms with Gasteiger partial charge in [-0.15, -0.1) is 0 Å². The second-order valence-electron chi connectivity index (χ2n) is 44.6. The number of ketones is 4. The maximum absolute atomic E-state index is 13.4. The van der Waals surface area contributed by atoms with Crippen molar-refractivity contribution in [1.29, 1.82) is 0 Å². The SMILES string of the molecule is COC[C@@]1(O)CC[C@H]2[C@H](CC[C@@H]3[C@@H]2CC[C@]2(C)[C@@H](C(=O)Cc4ccc[nH]4)CC[C@@H]32)C1.C[C@@]1(O)CC[C@H]2[C@H](CC[C@@H]3[C@@H]2CC[C@]2(C)[C@@H](C(=O)Cc4cnc[nH]4)CC[C@@H]32)C1.C[C@]12CC[C@H]3[C@@H](CC[C@@H]4C[C@@](O)(C(F)F)CC[C@@H]43)[C@@H]1CC[C@@H]2C(=O)Cc1ccc[nH]1.C[C@]12CC[C@H]3[C@@H](CC[C@@H]4C[C@@](O)(CF)CC[C@@H]43)[C@@H]1CC[C@@H]2C(=O)Cc1ccc[nH]1. The largest absolute Gasteiger partial charge is 0.390 e. The zero-order valence-corrected chi connectivity index (χ0v) is 71.9. The first-order valence-electron chi connectivity index (χ1n) is 47.7. The van der Waals surface area contributed by atoms with Crippen LogP contribution >= 0.6 is 0 Å². The van der Waals surface area contributed by atoms with Crippen LogP contribution in [0.15, 0.2) is 67.5 Å². The first kappa shape index (κ1) is 84.5. The van der Waals surface area contributed by atoms with Crippen molar-refractivity contribution in [1.82, 2.24) is 24.9 Å². The highest BCUT2D eigenvalue weighted by molar-refractivity contribution is 5.86. The third-order valence-corrected chi connectivity index (χ3v) is 39.1. The molecule has 16 fully saturated rings. The van der Waals surface area contributed by atoms with Gasteiger partial charge in [0.15, 0.2) is 0 Å². The summed E-state index contributed by atoms with van der Waals surface area (Å²) >= 11 is 0. The van der Waals surface area contributed by atoms with E-state index in [4.69, 9.17) is 4.74 Å². The minimum Gasteiger partial charge on any atom is -0.390 e. The lowest BCUT2D eigenvalue weighted by atomic mass is 9.49. The number of aromatic amines is 4. The lowest BCUT2D eigenvalue weighted by Crippen LogP contribution is -2.53. The Morgan fingerprint density at radius 2 is 0.726 bits per heavy atom. The molecule has 8 N–H and O–H groups in total. The molecule has 16 saturated carbocycles. The van der Waals surface area contributed by atoms with E-state index in [0.29, 0.717) is 116 Å². The molecular weight excluding hydrogens is 1470 g/mol. The topological polar surface area (TPSA) is 234 Å². The normalized spacial score (nSPS) is 46.3. The Balaban J connectivity index is 0.000000112. The summed E-state index contributed by atoms with van der Waals surface area (Å²) in [6, 6.07) is 12.0. The van der Waals surface area contributed by atoms with Crippen LogP contribution in [0.5, 0.6) is 0 Å². The van der Waals surface area contributed by atoms with Crippen LogP contribution in [-0.2, 0) is 49.6 Å². The van der Waals surface area contributed by atoms with E-state index in [1.807, 2.05) is 61.9 Å². The highest BCUT2D eigenvalue weighted by Gasteiger charge is 2.65. The molecule has 646 valence electrons. The van der Waals surface area contributed by atoms with E-state index in [9.17, 15) is 52.8 Å². The summed E-state index contributed by atoms with van der Waals surface area (Å²) in [5, 5.41) is 42.4. The van der Waals surface area contributed by atoms with Crippen molar-refractivity contribution >= 4 is 23.1 Å². The lowest BCUT2D eigenvalue weighted by Gasteiger charge is -2.57. The Labute approximate surface area is 696 Å². The molecule has 0 amide bonds. The van der Waals surface area contributed by atoms with Crippen LogP contribution < -0.4 is 0 Å². The van der Waals surface area contributed by atoms with Crippen molar-refractivity contribution in [3.63, 3.8) is 0 Å². The van der Waals surface area contributed by atoms with Gasteiger partial charge in [-0.25, -0.2) is 18.2 Å². The second-order valence-corrected chi connectivity index (χ2v) is 44.6. The smallest absolute Gasteiger partial charge is 0.266 e. The predicted octanol–water partition coefficient (Wildman–Crippen LogP) is 19.8. The van der Waals surface area contributed by atoms with Crippen LogP contribution in [0.2, 0.25) is 0 Å². The number of imidazole rings is 1. The van der Waals surface area contributed by atoms with Gasteiger partial charge >= 0.3 is 0 Å². The monoisotopic (exact) mass is 1620 g/mol. The number of alkyl halides is 3. The molecule has 20 rings (SSSR count). The van der Waals surface area contributed by atoms with E-state index < -0.39 is 35.5 Å². The molecule has 16 aliphatic carbocycles. The van der Waals surface area contributed by atoms with E-state index in [1.54, 1.807) is 19.6 Å². The minimum absolute atomic E-state index is 0.0933. The number of nitrogens with zero attached hydrogens (tertiary/aromatic N) is 1. The summed E-state index contributed by atoms with van der Waals surface area (Å²) in [4.78, 5) is 69.5. The number of nitrogens with one attached hydrogen (secondary N) is 4. The van der Waals surface area contributed by atoms with Gasteiger partial charge in [0.05, 0.1) is 29.7 Å². The highest BCUT2D eigenvalue weighted by Crippen LogP contribution is 2.70. The van der Waals surface area contributed by atoms with Gasteiger partial charge in [-0.1, -0.05) is 27.7 Å². The van der Waals surface area contributed by atoms with Gasteiger partial charge in [0.2, 0.25) is 0 Å². The molecule has 0 aromatic carbocycles. The summed E-state index contributed by atoms with van der Waals surface area (Å²) in [5.74, 6) is 16.1. The van der Waals surface area contributed by atoms with Crippen LogP contribution in [0, 0.1) is 164 Å². The summed E-state index contributed by atoms with van der Waals surface area (Å²) in [6.45, 7) is 11.6. The number of ether oxygens (including phenoxy) is 1. The Morgan fingerprint density at radius 3 is 1.07 bits per heavy atom. The van der Waals surface area contributed by atoms with Crippen molar-refractivity contribution in [2.75, 3.05) is 20.4 Å². The minimum atomic E-state index is -2.63. The molecule has 32 atom stereocenters. The molecule has 4 aromatic rings. The quantitative estimate of drug-likeness (QED) is 0.0528. The number of H-pyrrole nitrogens is 4. The van der Waals surface area contributed by atoms with E-state index in [1.165, 1.54) is 89.9 Å². The van der Waals surface area contributed by atoms with Crippen LogP contribution in [0.25, 0.3) is 0 Å². The fourth-order valence-electron chi connectivity index (χ4n) is 33.8. The Bertz CT molecular complexity index is 4040. The molecule has 0 spiro atoms. The first-order valence-corrected chi connectivity index (χ1v) is 47.7. The third kappa shape index (κ3) is 16.0. The van der Waals surface area contributed by atoms with Crippen molar-refractivity contribution < 1.29 is 57.5 Å². The number of methoxy groups -OCH3 is 1. The number of hydrogen-bond acceptors (Lipinski definition) is 10. The van der Waals surface area contributed by atoms with Crippen molar-refractivity contribution in [2.24, 2.45) is 164 Å². The van der Waals surface area contributed by atoms with Crippen molar-refractivity contribution in [3.05, 3.63) is 90.3 Å². The summed E-state index contributed by atoms with van der Waals surface area (Å²) in [6.07, 6.45) is 46.6. The predicted molar refractivity (Wildman–Crippen MR) is 448 cm³/mol. The molecule has 14 nitrogen and oxygen atoms in total. The van der Waals surface area contributed by atoms with E-state index in [0.717, 1.165) is 203 Å². The number of halogens is 3. The molecule has 117 heavy (non-hydrogen) atoms. The summed E-state index contributed by atoms with van der Waals surface area (Å²) in [7, 11) is 1.70. The number of Topliss-reactive ketones (excluding diaryl/α,β-unsaturated/α-hetero) is 4. The van der Waals surface area contributed by atoms with Crippen molar-refractivity contribution in [2.45, 2.75) is 320 Å². The fourth-order valence-corrected chi connectivity index (χ4v) is 33.8. The molecule has 0 bridgehead atoms. The van der Waals surface area contributed by atoms with E-state index in [2.05, 4.69) is 52.6 Å². The molecular formula is C100H146F3N5O9. The van der Waals surface area contributed by atoms with E-state index in [-0.39, 0.29) is 64.1 Å². The molecule has 4 heterocycles. The summed E-state index contributed by atoms with van der Waals surface area (Å²) in [5.41, 5.74) is 0.862. The Kier molecular flexibility index (Phi) is 24.2. The number of rotatable bonds is 16. The molecule has 17 heteroatoms. The molecule has 0 aliphatic heterocycles. The number of carbonyl (C=O) groups excluding carboxylic acids is 4. The van der Waals surface area contributed by atoms with E-state index >= 15 is 0 Å². The maximum atomic E-state index is 13.4. The zero-order chi connectivity index (χ0) is 81.8. The van der Waals surface area contributed by atoms with Gasteiger partial charge in [0.1, 0.15) is 35.4 Å². The number of fused-ring (bicyclic) bond motifs is 20. The van der Waals surface area contributed by atoms with Crippen LogP contribution in [0.3, 0.4) is 0 Å². The molecule has 0 radical (unpaired) electrons. The van der Waals surface area contributed by atoms with Crippen LogP contribution in [0.4, 0.5) is 13.2 Å². The number of carbonyl (C=O) groups is 4. The maximum Gasteiger partial charge on any atom is 0.266 e. The van der Waals surface area contributed by atoms with Crippen molar-refractivity contribution in [3.8, 4) is 0 Å². The summed E-state index contributed by atoms with van der Waals surface area (Å²) < 4.78 is 45.5. The average Bonchev–Trinajstić information content (AvgIpc) is 1.67. The molecule has 0 unspecified atom stereocenters. The Morgan fingerprint density at radius 1 is 0.393 bits per heavy atom. The van der Waals surface area contributed by atoms with Gasteiger partial charge in [-0.2, -0.15) is 0 Å². The zero-order valence-electron chi connectivity index (χ0n) is 71.9. The van der Waals surface area contributed by atoms with Crippen LogP contribution in [-0.4, -0.2) is 118 Å². The number of aromatic nitrogens is 5. The first-order chi connectivity index (χ1) is 56.1. The standard InChI is InChI=1S/C26H39NO3.C25H35F2NO2.C25H36FNO2.C24H36N2O2/c1-25-11-9-20-19-10-12-26(29,16-30-2)15-17(19)5-6-21(20)22(25)7-8-23(25)24(28)14-18-4-3-13-27-18;1-24-10-8-18-17-9-11-25(30,23(26)27)14-15(17)4-5-19(18)20(24)6-7-21(24)22(29)13-16-3-2-12-28-16;1-24-10-8-19-18-9-11-25(29,15-26)14-16(18)4-5-20(19)21(24)6-7-22(24)23(28)13-17-3-2-12-27-17;1-23(28)9-7-17-15(12-23)3-4-19-18(17)8-10-24(2)20(19)5-6-21(24)22(27)11-16-13-25-14-26-16/h3-4,13,17,19-23,27,29H,5-12,14-16H2,1-2H3;2-3,12,15,17-21,23,28,30H,4-11,13-14H2,1H3;2-3,12,16,18-22,27,29H,4-11,13-15H2,1H3;13-15,17-21,28H,3-12H2,1-2H3,(H,25,26)/t17-,19+,20-,21-,22+,23-,25+,26-;15-,17+,18-,19-,20+,21-,24+,25-;16-,18+,19-,20-,21+,22-,24+,25-;15-,17+,18-,19-,20+,21-,23-,24+/m1111/s1. The average molecular weight is 1620 g/mol.